The molecular weight excluding hydrogens is 420 g/mol. The van der Waals surface area contributed by atoms with Crippen molar-refractivity contribution in [3.63, 3.8) is 0 Å². The van der Waals surface area contributed by atoms with E-state index in [9.17, 15) is 4.79 Å². The Kier molecular flexibility index (Phi) is 5.96. The lowest BCUT2D eigenvalue weighted by molar-refractivity contribution is -0.0491. The highest BCUT2D eigenvalue weighted by Crippen LogP contribution is 2.34. The first-order valence-electron chi connectivity index (χ1n) is 11.2. The summed E-state index contributed by atoms with van der Waals surface area (Å²) in [5.41, 5.74) is 1.13. The van der Waals surface area contributed by atoms with E-state index in [1.165, 1.54) is 6.20 Å². The van der Waals surface area contributed by atoms with Crippen LogP contribution < -0.4 is 10.5 Å². The van der Waals surface area contributed by atoms with Crippen LogP contribution in [-0.2, 0) is 10.3 Å². The Labute approximate surface area is 192 Å². The van der Waals surface area contributed by atoms with Crippen molar-refractivity contribution in [1.82, 2.24) is 29.5 Å². The lowest BCUT2D eigenvalue weighted by Gasteiger charge is -2.37. The van der Waals surface area contributed by atoms with Gasteiger partial charge < -0.3 is 9.64 Å². The van der Waals surface area contributed by atoms with Crippen LogP contribution in [0.25, 0.3) is 11.3 Å². The monoisotopic (exact) mass is 450 g/mol. The van der Waals surface area contributed by atoms with Crippen LogP contribution in [0.2, 0.25) is 0 Å². The Hall–Kier alpha value is -3.27. The molecule has 3 aromatic heterocycles. The van der Waals surface area contributed by atoms with Crippen LogP contribution in [0.5, 0.6) is 0 Å². The summed E-state index contributed by atoms with van der Waals surface area (Å²) < 4.78 is 8.10. The number of aromatic nitrogens is 6. The van der Waals surface area contributed by atoms with E-state index in [0.29, 0.717) is 23.5 Å². The second-order valence-corrected chi connectivity index (χ2v) is 9.14. The number of anilines is 1. The number of rotatable bonds is 6. The van der Waals surface area contributed by atoms with Gasteiger partial charge in [0.25, 0.3) is 5.56 Å². The molecule has 1 aliphatic heterocycles. The molecule has 4 heterocycles. The average molecular weight is 451 g/mol. The summed E-state index contributed by atoms with van der Waals surface area (Å²) in [5, 5.41) is 0. The van der Waals surface area contributed by atoms with Gasteiger partial charge in [0.05, 0.1) is 30.5 Å². The van der Waals surface area contributed by atoms with Gasteiger partial charge in [-0.15, -0.1) is 0 Å². The second kappa shape index (κ2) is 8.58. The molecule has 3 aromatic rings. The van der Waals surface area contributed by atoms with Gasteiger partial charge >= 0.3 is 0 Å². The van der Waals surface area contributed by atoms with Crippen molar-refractivity contribution in [3.05, 3.63) is 40.5 Å². The van der Waals surface area contributed by atoms with Crippen molar-refractivity contribution in [3.8, 4) is 0 Å². The lowest BCUT2D eigenvalue weighted by Crippen LogP contribution is -2.45. The van der Waals surface area contributed by atoms with Crippen molar-refractivity contribution in [1.29, 1.82) is 0 Å². The molecule has 0 spiro atoms. The van der Waals surface area contributed by atoms with Crippen LogP contribution in [0, 0.1) is 0 Å². The van der Waals surface area contributed by atoms with Crippen LogP contribution in [0.4, 0.5) is 11.5 Å². The minimum atomic E-state index is -0.829. The zero-order valence-corrected chi connectivity index (χ0v) is 20.1. The zero-order valence-electron chi connectivity index (χ0n) is 20.1. The predicted molar refractivity (Wildman–Crippen MR) is 127 cm³/mol. The summed E-state index contributed by atoms with van der Waals surface area (Å²) in [7, 11) is 0. The fourth-order valence-electron chi connectivity index (χ4n) is 3.79. The van der Waals surface area contributed by atoms with Crippen molar-refractivity contribution in [2.45, 2.75) is 72.3 Å². The first kappa shape index (κ1) is 22.9. The van der Waals surface area contributed by atoms with Crippen LogP contribution in [0.15, 0.2) is 28.4 Å². The van der Waals surface area contributed by atoms with Gasteiger partial charge in [0.1, 0.15) is 17.1 Å². The Morgan fingerprint density at radius 3 is 2.45 bits per heavy atom. The van der Waals surface area contributed by atoms with Crippen molar-refractivity contribution < 1.29 is 4.74 Å². The summed E-state index contributed by atoms with van der Waals surface area (Å²) in [6.07, 6.45) is 5.98. The Morgan fingerprint density at radius 1 is 1.06 bits per heavy atom. The SMILES string of the molecule is CCN1c2nc(C(C)C)ncc2N=CC1OC(C)(C)c1cnc2ncc(=O)n(C(C)C)c2n1. The van der Waals surface area contributed by atoms with E-state index < -0.39 is 11.8 Å². The number of aliphatic imine (C=N–C) groups is 1. The van der Waals surface area contributed by atoms with Crippen LogP contribution in [-0.4, -0.2) is 48.5 Å². The topological polar surface area (TPSA) is 111 Å². The van der Waals surface area contributed by atoms with Gasteiger partial charge in [-0.1, -0.05) is 13.8 Å². The Balaban J connectivity index is 1.70. The minimum Gasteiger partial charge on any atom is -0.341 e. The number of hydrogen-bond acceptors (Lipinski definition) is 9. The summed E-state index contributed by atoms with van der Waals surface area (Å²) >= 11 is 0. The van der Waals surface area contributed by atoms with E-state index in [0.717, 1.165) is 17.3 Å². The molecule has 0 aromatic carbocycles. The summed E-state index contributed by atoms with van der Waals surface area (Å²) in [4.78, 5) is 41.5. The standard InChI is InChI=1S/C23H30N8O2/c1-8-30-18(12-24-15-9-25-19(13(2)3)29-21(15)30)33-23(6,7)16-10-26-20-22(28-16)31(14(4)5)17(32)11-27-20/h9-14,18H,8H2,1-7H3. The molecule has 0 radical (unpaired) electrons. The first-order chi connectivity index (χ1) is 15.6. The van der Waals surface area contributed by atoms with Crippen molar-refractivity contribution in [2.75, 3.05) is 11.4 Å². The van der Waals surface area contributed by atoms with Gasteiger partial charge in [-0.3, -0.25) is 14.4 Å². The molecule has 10 heteroatoms. The van der Waals surface area contributed by atoms with Crippen LogP contribution in [0.1, 0.15) is 71.9 Å². The molecule has 1 aliphatic rings. The molecule has 0 bridgehead atoms. The number of nitrogens with zero attached hydrogens (tertiary/aromatic N) is 8. The zero-order chi connectivity index (χ0) is 23.9. The van der Waals surface area contributed by atoms with Crippen molar-refractivity contribution in [2.24, 2.45) is 4.99 Å². The smallest absolute Gasteiger partial charge is 0.271 e. The van der Waals surface area contributed by atoms with Crippen molar-refractivity contribution >= 4 is 29.0 Å². The molecule has 1 atom stereocenters. The molecule has 33 heavy (non-hydrogen) atoms. The van der Waals surface area contributed by atoms with Crippen LogP contribution in [0.3, 0.4) is 0 Å². The molecule has 10 nitrogen and oxygen atoms in total. The lowest BCUT2D eigenvalue weighted by atomic mass is 10.1. The Morgan fingerprint density at radius 2 is 1.79 bits per heavy atom. The number of ether oxygens (including phenoxy) is 1. The third-order valence-corrected chi connectivity index (χ3v) is 5.59. The number of hydrogen-bond donors (Lipinski definition) is 0. The normalized spacial score (nSPS) is 16.2. The average Bonchev–Trinajstić information content (AvgIpc) is 2.77. The van der Waals surface area contributed by atoms with E-state index in [2.05, 4.69) is 38.7 Å². The molecule has 0 fully saturated rings. The third-order valence-electron chi connectivity index (χ3n) is 5.59. The van der Waals surface area contributed by atoms with E-state index >= 15 is 0 Å². The molecule has 0 saturated carbocycles. The van der Waals surface area contributed by atoms with Gasteiger partial charge in [-0.05, 0) is 34.6 Å². The summed E-state index contributed by atoms with van der Waals surface area (Å²) in [5.74, 6) is 1.72. The molecule has 0 amide bonds. The second-order valence-electron chi connectivity index (χ2n) is 9.14. The highest BCUT2D eigenvalue weighted by Gasteiger charge is 2.33. The maximum absolute atomic E-state index is 12.4. The maximum Gasteiger partial charge on any atom is 0.271 e. The van der Waals surface area contributed by atoms with Gasteiger partial charge in [0.15, 0.2) is 23.3 Å². The Bertz CT molecular complexity index is 1270. The quantitative estimate of drug-likeness (QED) is 0.561. The van der Waals surface area contributed by atoms with E-state index in [-0.39, 0.29) is 17.5 Å². The van der Waals surface area contributed by atoms with Gasteiger partial charge in [0.2, 0.25) is 0 Å². The molecular formula is C23H30N8O2. The maximum atomic E-state index is 12.4. The summed E-state index contributed by atoms with van der Waals surface area (Å²) in [6, 6.07) is -0.0796. The molecule has 0 N–H and O–H groups in total. The van der Waals surface area contributed by atoms with E-state index in [4.69, 9.17) is 14.7 Å². The minimum absolute atomic E-state index is 0.0796. The highest BCUT2D eigenvalue weighted by molar-refractivity contribution is 5.81. The van der Waals surface area contributed by atoms with Gasteiger partial charge in [0, 0.05) is 18.5 Å². The predicted octanol–water partition coefficient (Wildman–Crippen LogP) is 3.50. The van der Waals surface area contributed by atoms with Crippen LogP contribution >= 0.6 is 0 Å². The molecule has 4 rings (SSSR count). The highest BCUT2D eigenvalue weighted by atomic mass is 16.5. The molecule has 0 saturated heterocycles. The van der Waals surface area contributed by atoms with Gasteiger partial charge in [-0.2, -0.15) is 0 Å². The fourth-order valence-corrected chi connectivity index (χ4v) is 3.79. The number of fused-ring (bicyclic) bond motifs is 2. The third kappa shape index (κ3) is 4.22. The molecule has 1 unspecified atom stereocenters. The van der Waals surface area contributed by atoms with E-state index in [1.54, 1.807) is 23.2 Å². The fraction of sp³-hybridized carbons (Fsp3) is 0.522. The first-order valence-corrected chi connectivity index (χ1v) is 11.2. The summed E-state index contributed by atoms with van der Waals surface area (Å²) in [6.45, 7) is 14.6. The molecule has 0 aliphatic carbocycles. The van der Waals surface area contributed by atoms with E-state index in [1.807, 2.05) is 34.6 Å². The largest absolute Gasteiger partial charge is 0.341 e. The van der Waals surface area contributed by atoms with Gasteiger partial charge in [-0.25, -0.2) is 24.9 Å². The molecule has 174 valence electrons.